The number of hydrogen-bond donors (Lipinski definition) is 0. The molecule has 1 aliphatic heterocycles. The van der Waals surface area contributed by atoms with E-state index >= 15 is 0 Å². The number of halogens is 2. The van der Waals surface area contributed by atoms with Crippen LogP contribution in [0.5, 0.6) is 0 Å². The molecular weight excluding hydrogens is 288 g/mol. The Hall–Kier alpha value is -1.79. The molecule has 1 aliphatic rings. The second kappa shape index (κ2) is 6.54. The summed E-state index contributed by atoms with van der Waals surface area (Å²) in [6.45, 7) is 3.21. The van der Waals surface area contributed by atoms with Crippen LogP contribution in [0, 0.1) is 6.92 Å². The number of rotatable bonds is 4. The van der Waals surface area contributed by atoms with Gasteiger partial charge in [0, 0.05) is 31.4 Å². The van der Waals surface area contributed by atoms with E-state index < -0.39 is 6.55 Å². The Morgan fingerprint density at radius 2 is 1.91 bits per heavy atom. The maximum Gasteiger partial charge on any atom is 0.333 e. The first-order chi connectivity index (χ1) is 10.6. The molecule has 0 bridgehead atoms. The smallest absolute Gasteiger partial charge is 0.333 e. The molecule has 0 amide bonds. The summed E-state index contributed by atoms with van der Waals surface area (Å²) in [6, 6.07) is 7.92. The fraction of sp³-hybridized carbons (Fsp3) is 0.438. The Bertz CT molecular complexity index is 636. The highest BCUT2D eigenvalue weighted by molar-refractivity contribution is 5.68. The zero-order chi connectivity index (χ0) is 15.5. The fourth-order valence-electron chi connectivity index (χ4n) is 2.77. The third kappa shape index (κ3) is 3.18. The predicted molar refractivity (Wildman–Crippen MR) is 79.7 cm³/mol. The molecule has 2 heterocycles. The zero-order valence-corrected chi connectivity index (χ0v) is 12.5. The van der Waals surface area contributed by atoms with E-state index in [9.17, 15) is 8.78 Å². The summed E-state index contributed by atoms with van der Waals surface area (Å²) >= 11 is 0. The quantitative estimate of drug-likeness (QED) is 0.869. The van der Waals surface area contributed by atoms with Crippen molar-refractivity contribution in [3.05, 3.63) is 41.7 Å². The molecule has 0 aliphatic carbocycles. The van der Waals surface area contributed by atoms with Crippen LogP contribution in [-0.2, 0) is 11.3 Å². The molecule has 2 aromatic rings. The van der Waals surface area contributed by atoms with Crippen LogP contribution >= 0.6 is 0 Å². The first-order valence-corrected chi connectivity index (χ1v) is 7.37. The third-order valence-electron chi connectivity index (χ3n) is 3.92. The van der Waals surface area contributed by atoms with E-state index in [0.29, 0.717) is 5.69 Å². The Balaban J connectivity index is 1.90. The van der Waals surface area contributed by atoms with Gasteiger partial charge < -0.3 is 4.74 Å². The Morgan fingerprint density at radius 3 is 2.59 bits per heavy atom. The molecular formula is C16H19F2N3O. The number of nitrogens with zero attached hydrogens (tertiary/aromatic N) is 3. The Kier molecular flexibility index (Phi) is 4.49. The first-order valence-electron chi connectivity index (χ1n) is 7.37. The zero-order valence-electron chi connectivity index (χ0n) is 12.5. The summed E-state index contributed by atoms with van der Waals surface area (Å²) in [5.41, 5.74) is 3.48. The van der Waals surface area contributed by atoms with Crippen molar-refractivity contribution in [1.82, 2.24) is 14.7 Å². The summed E-state index contributed by atoms with van der Waals surface area (Å²) in [5.74, 6) is 0. The van der Waals surface area contributed by atoms with Crippen molar-refractivity contribution in [3.8, 4) is 11.1 Å². The van der Waals surface area contributed by atoms with Crippen LogP contribution in [0.3, 0.4) is 0 Å². The lowest BCUT2D eigenvalue weighted by atomic mass is 10.00. The van der Waals surface area contributed by atoms with Gasteiger partial charge in [-0.3, -0.25) is 4.90 Å². The fourth-order valence-corrected chi connectivity index (χ4v) is 2.77. The van der Waals surface area contributed by atoms with E-state index in [1.165, 1.54) is 6.20 Å². The summed E-state index contributed by atoms with van der Waals surface area (Å²) in [6.07, 6.45) is 1.43. The number of aryl methyl sites for hydroxylation is 1. The van der Waals surface area contributed by atoms with Crippen molar-refractivity contribution in [3.63, 3.8) is 0 Å². The van der Waals surface area contributed by atoms with Crippen molar-refractivity contribution >= 4 is 0 Å². The molecule has 0 unspecified atom stereocenters. The number of benzene rings is 1. The van der Waals surface area contributed by atoms with Crippen LogP contribution in [0.1, 0.15) is 17.8 Å². The molecule has 0 atom stereocenters. The number of hydrogen-bond acceptors (Lipinski definition) is 3. The van der Waals surface area contributed by atoms with Gasteiger partial charge in [0.25, 0.3) is 0 Å². The van der Waals surface area contributed by atoms with Crippen LogP contribution in [-0.4, -0.2) is 41.0 Å². The molecule has 4 nitrogen and oxygen atoms in total. The first kappa shape index (κ1) is 15.1. The number of morpholine rings is 1. The third-order valence-corrected chi connectivity index (χ3v) is 3.92. The van der Waals surface area contributed by atoms with Crippen LogP contribution in [0.15, 0.2) is 30.5 Å². The van der Waals surface area contributed by atoms with Gasteiger partial charge in [-0.05, 0) is 18.1 Å². The highest BCUT2D eigenvalue weighted by Gasteiger charge is 2.17. The molecule has 1 fully saturated rings. The van der Waals surface area contributed by atoms with E-state index in [1.807, 2.05) is 24.3 Å². The lowest BCUT2D eigenvalue weighted by molar-refractivity contribution is 0.0342. The van der Waals surface area contributed by atoms with Crippen molar-refractivity contribution in [2.24, 2.45) is 0 Å². The second-order valence-corrected chi connectivity index (χ2v) is 5.43. The molecule has 1 saturated heterocycles. The minimum atomic E-state index is -2.61. The van der Waals surface area contributed by atoms with Gasteiger partial charge in [0.15, 0.2) is 0 Å². The molecule has 0 radical (unpaired) electrons. The molecule has 0 spiro atoms. The Morgan fingerprint density at radius 1 is 1.18 bits per heavy atom. The average Bonchev–Trinajstić information content (AvgIpc) is 2.91. The number of alkyl halides is 2. The monoisotopic (exact) mass is 307 g/mol. The van der Waals surface area contributed by atoms with Gasteiger partial charge in [0.1, 0.15) is 0 Å². The van der Waals surface area contributed by atoms with Gasteiger partial charge in [-0.2, -0.15) is 13.9 Å². The van der Waals surface area contributed by atoms with Crippen LogP contribution < -0.4 is 0 Å². The molecule has 3 rings (SSSR count). The number of aromatic nitrogens is 2. The molecule has 118 valence electrons. The second-order valence-electron chi connectivity index (χ2n) is 5.43. The lowest BCUT2D eigenvalue weighted by Gasteiger charge is -2.27. The molecule has 1 aromatic carbocycles. The van der Waals surface area contributed by atoms with E-state index in [0.717, 1.165) is 54.2 Å². The van der Waals surface area contributed by atoms with Gasteiger partial charge in [-0.1, -0.05) is 24.3 Å². The highest BCUT2D eigenvalue weighted by Crippen LogP contribution is 2.28. The van der Waals surface area contributed by atoms with Crippen LogP contribution in [0.4, 0.5) is 8.78 Å². The molecule has 22 heavy (non-hydrogen) atoms. The van der Waals surface area contributed by atoms with E-state index in [2.05, 4.69) is 10.00 Å². The topological polar surface area (TPSA) is 30.3 Å². The van der Waals surface area contributed by atoms with Crippen molar-refractivity contribution in [2.45, 2.75) is 20.0 Å². The number of ether oxygens (including phenoxy) is 1. The lowest BCUT2D eigenvalue weighted by Crippen LogP contribution is -2.35. The minimum Gasteiger partial charge on any atom is -0.379 e. The van der Waals surface area contributed by atoms with Crippen molar-refractivity contribution in [2.75, 3.05) is 26.3 Å². The largest absolute Gasteiger partial charge is 0.379 e. The summed E-state index contributed by atoms with van der Waals surface area (Å²) in [5, 5.41) is 3.91. The van der Waals surface area contributed by atoms with E-state index in [-0.39, 0.29) is 0 Å². The standard InChI is InChI=1S/C16H19F2N3O/c1-12-15(11-21(19-12)16(17)18)14-5-3-2-4-13(14)10-20-6-8-22-9-7-20/h2-5,11,16H,6-10H2,1H3. The van der Waals surface area contributed by atoms with E-state index in [4.69, 9.17) is 4.74 Å². The maximum atomic E-state index is 12.8. The van der Waals surface area contributed by atoms with Gasteiger partial charge >= 0.3 is 6.55 Å². The molecule has 0 saturated carbocycles. The van der Waals surface area contributed by atoms with Crippen LogP contribution in [0.25, 0.3) is 11.1 Å². The molecule has 6 heteroatoms. The summed E-state index contributed by atoms with van der Waals surface area (Å²) in [7, 11) is 0. The maximum absolute atomic E-state index is 12.8. The highest BCUT2D eigenvalue weighted by atomic mass is 19.3. The average molecular weight is 307 g/mol. The SMILES string of the molecule is Cc1nn(C(F)F)cc1-c1ccccc1CN1CCOCC1. The molecule has 0 N–H and O–H groups in total. The van der Waals surface area contributed by atoms with Crippen LogP contribution in [0.2, 0.25) is 0 Å². The van der Waals surface area contributed by atoms with Crippen molar-refractivity contribution in [1.29, 1.82) is 0 Å². The van der Waals surface area contributed by atoms with Gasteiger partial charge in [0.05, 0.1) is 18.9 Å². The van der Waals surface area contributed by atoms with Gasteiger partial charge in [0.2, 0.25) is 0 Å². The van der Waals surface area contributed by atoms with Gasteiger partial charge in [-0.15, -0.1) is 0 Å². The van der Waals surface area contributed by atoms with E-state index in [1.54, 1.807) is 6.92 Å². The summed E-state index contributed by atoms with van der Waals surface area (Å²) < 4.78 is 31.7. The predicted octanol–water partition coefficient (Wildman–Crippen LogP) is 3.09. The normalized spacial score (nSPS) is 16.4. The molecule has 1 aromatic heterocycles. The summed E-state index contributed by atoms with van der Waals surface area (Å²) in [4.78, 5) is 2.31. The minimum absolute atomic E-state index is 0.620. The Labute approximate surface area is 128 Å². The van der Waals surface area contributed by atoms with Gasteiger partial charge in [-0.25, -0.2) is 4.68 Å². The van der Waals surface area contributed by atoms with Crippen molar-refractivity contribution < 1.29 is 13.5 Å².